The van der Waals surface area contributed by atoms with E-state index in [0.717, 1.165) is 4.47 Å². The SMILES string of the molecule is NC(=O)C=Cc1cc(Br)cnc1N. The largest absolute Gasteiger partial charge is 0.383 e. The number of nitrogens with zero attached hydrogens (tertiary/aromatic N) is 1. The van der Waals surface area contributed by atoms with Gasteiger partial charge in [-0.15, -0.1) is 0 Å². The Balaban J connectivity index is 3.00. The van der Waals surface area contributed by atoms with Gasteiger partial charge in [0.1, 0.15) is 5.82 Å². The minimum Gasteiger partial charge on any atom is -0.383 e. The second-order valence-corrected chi connectivity index (χ2v) is 3.28. The number of carbonyl (C=O) groups excluding carboxylic acids is 1. The molecule has 0 aliphatic heterocycles. The maximum absolute atomic E-state index is 10.4. The first-order chi connectivity index (χ1) is 6.09. The first kappa shape index (κ1) is 9.73. The van der Waals surface area contributed by atoms with Gasteiger partial charge in [-0.1, -0.05) is 0 Å². The normalized spacial score (nSPS) is 10.5. The summed E-state index contributed by atoms with van der Waals surface area (Å²) in [5.41, 5.74) is 11.1. The van der Waals surface area contributed by atoms with E-state index >= 15 is 0 Å². The number of nitrogen functional groups attached to an aromatic ring is 1. The molecule has 0 atom stereocenters. The predicted molar refractivity (Wildman–Crippen MR) is 54.6 cm³/mol. The standard InChI is InChI=1S/C8H8BrN3O/c9-6-3-5(1-2-7(10)13)8(11)12-4-6/h1-4H,(H2,10,13)(H2,11,12). The molecule has 13 heavy (non-hydrogen) atoms. The molecule has 0 unspecified atom stereocenters. The molecule has 0 fully saturated rings. The van der Waals surface area contributed by atoms with Crippen LogP contribution in [-0.4, -0.2) is 10.9 Å². The highest BCUT2D eigenvalue weighted by atomic mass is 79.9. The van der Waals surface area contributed by atoms with Crippen LogP contribution in [0, 0.1) is 0 Å². The van der Waals surface area contributed by atoms with E-state index in [2.05, 4.69) is 20.9 Å². The number of rotatable bonds is 2. The van der Waals surface area contributed by atoms with Gasteiger partial charge in [-0.05, 0) is 28.1 Å². The summed E-state index contributed by atoms with van der Waals surface area (Å²) in [5, 5.41) is 0. The van der Waals surface area contributed by atoms with Crippen molar-refractivity contribution >= 4 is 33.7 Å². The maximum atomic E-state index is 10.4. The molecule has 1 aromatic heterocycles. The summed E-state index contributed by atoms with van der Waals surface area (Å²) in [5.74, 6) is -0.153. The lowest BCUT2D eigenvalue weighted by Gasteiger charge is -1.98. The van der Waals surface area contributed by atoms with Crippen LogP contribution in [-0.2, 0) is 4.79 Å². The van der Waals surface area contributed by atoms with E-state index < -0.39 is 5.91 Å². The van der Waals surface area contributed by atoms with Crippen molar-refractivity contribution in [3.8, 4) is 0 Å². The Labute approximate surface area is 83.8 Å². The number of hydrogen-bond donors (Lipinski definition) is 2. The number of pyridine rings is 1. The third-order valence-electron chi connectivity index (χ3n) is 1.34. The van der Waals surface area contributed by atoms with Gasteiger partial charge in [-0.2, -0.15) is 0 Å². The molecule has 1 rings (SSSR count). The van der Waals surface area contributed by atoms with E-state index in [9.17, 15) is 4.79 Å². The average molecular weight is 242 g/mol. The molecule has 5 heteroatoms. The Bertz CT molecular complexity index is 362. The van der Waals surface area contributed by atoms with Crippen LogP contribution in [0.3, 0.4) is 0 Å². The molecule has 1 heterocycles. The quantitative estimate of drug-likeness (QED) is 0.756. The molecule has 0 saturated carbocycles. The second-order valence-electron chi connectivity index (χ2n) is 2.36. The number of primary amides is 1. The first-order valence-corrected chi connectivity index (χ1v) is 4.27. The van der Waals surface area contributed by atoms with Gasteiger partial charge in [0.2, 0.25) is 5.91 Å². The number of nitrogens with two attached hydrogens (primary N) is 2. The van der Waals surface area contributed by atoms with Gasteiger partial charge in [0.05, 0.1) is 0 Å². The van der Waals surface area contributed by atoms with E-state index in [-0.39, 0.29) is 0 Å². The zero-order valence-corrected chi connectivity index (χ0v) is 8.28. The summed E-state index contributed by atoms with van der Waals surface area (Å²) < 4.78 is 0.797. The van der Waals surface area contributed by atoms with Crippen LogP contribution in [0.4, 0.5) is 5.82 Å². The van der Waals surface area contributed by atoms with Crippen molar-refractivity contribution in [2.45, 2.75) is 0 Å². The number of hydrogen-bond acceptors (Lipinski definition) is 3. The fourth-order valence-corrected chi connectivity index (χ4v) is 1.12. The molecule has 0 spiro atoms. The summed E-state index contributed by atoms with van der Waals surface area (Å²) in [7, 11) is 0. The van der Waals surface area contributed by atoms with Gasteiger partial charge in [-0.3, -0.25) is 4.79 Å². The summed E-state index contributed by atoms with van der Waals surface area (Å²) in [6.07, 6.45) is 4.34. The van der Waals surface area contributed by atoms with Crippen LogP contribution in [0.25, 0.3) is 6.08 Å². The summed E-state index contributed by atoms with van der Waals surface area (Å²) in [4.78, 5) is 14.3. The van der Waals surface area contributed by atoms with Crippen LogP contribution in [0.15, 0.2) is 22.8 Å². The topological polar surface area (TPSA) is 82.0 Å². The van der Waals surface area contributed by atoms with Crippen molar-refractivity contribution < 1.29 is 4.79 Å². The van der Waals surface area contributed by atoms with Crippen molar-refractivity contribution in [1.29, 1.82) is 0 Å². The molecule has 4 nitrogen and oxygen atoms in total. The van der Waals surface area contributed by atoms with E-state index in [1.54, 1.807) is 12.3 Å². The van der Waals surface area contributed by atoms with Crippen molar-refractivity contribution in [3.63, 3.8) is 0 Å². The summed E-state index contributed by atoms with van der Waals surface area (Å²) in [6, 6.07) is 1.75. The van der Waals surface area contributed by atoms with E-state index in [1.165, 1.54) is 12.2 Å². The highest BCUT2D eigenvalue weighted by molar-refractivity contribution is 9.10. The number of anilines is 1. The van der Waals surface area contributed by atoms with Crippen molar-refractivity contribution in [3.05, 3.63) is 28.4 Å². The number of aromatic nitrogens is 1. The summed E-state index contributed by atoms with van der Waals surface area (Å²) in [6.45, 7) is 0. The Morgan fingerprint density at radius 3 is 2.92 bits per heavy atom. The van der Waals surface area contributed by atoms with Gasteiger partial charge in [0, 0.05) is 22.3 Å². The first-order valence-electron chi connectivity index (χ1n) is 3.48. The zero-order valence-electron chi connectivity index (χ0n) is 6.70. The van der Waals surface area contributed by atoms with Gasteiger partial charge >= 0.3 is 0 Å². The van der Waals surface area contributed by atoms with Crippen LogP contribution < -0.4 is 11.5 Å². The number of halogens is 1. The minimum absolute atomic E-state index is 0.362. The molecule has 0 radical (unpaired) electrons. The Hall–Kier alpha value is -1.36. The van der Waals surface area contributed by atoms with Crippen molar-refractivity contribution in [1.82, 2.24) is 4.98 Å². The molecule has 4 N–H and O–H groups in total. The molecule has 1 aromatic rings. The monoisotopic (exact) mass is 241 g/mol. The molecule has 0 saturated heterocycles. The lowest BCUT2D eigenvalue weighted by molar-refractivity contribution is -0.113. The van der Waals surface area contributed by atoms with E-state index in [1.807, 2.05) is 0 Å². The highest BCUT2D eigenvalue weighted by Gasteiger charge is 1.97. The average Bonchev–Trinajstić information content (AvgIpc) is 2.06. The smallest absolute Gasteiger partial charge is 0.241 e. The van der Waals surface area contributed by atoms with Gasteiger partial charge in [-0.25, -0.2) is 4.98 Å². The van der Waals surface area contributed by atoms with E-state index in [0.29, 0.717) is 11.4 Å². The lowest BCUT2D eigenvalue weighted by Crippen LogP contribution is -2.05. The maximum Gasteiger partial charge on any atom is 0.241 e. The number of amides is 1. The molecule has 1 amide bonds. The zero-order chi connectivity index (χ0) is 9.84. The third kappa shape index (κ3) is 2.87. The molecule has 0 aliphatic rings. The summed E-state index contributed by atoms with van der Waals surface area (Å²) >= 11 is 3.24. The molecular weight excluding hydrogens is 234 g/mol. The van der Waals surface area contributed by atoms with Crippen LogP contribution in [0.5, 0.6) is 0 Å². The fraction of sp³-hybridized carbons (Fsp3) is 0. The van der Waals surface area contributed by atoms with Crippen molar-refractivity contribution in [2.75, 3.05) is 5.73 Å². The molecule has 68 valence electrons. The van der Waals surface area contributed by atoms with Crippen LogP contribution >= 0.6 is 15.9 Å². The minimum atomic E-state index is -0.514. The van der Waals surface area contributed by atoms with Crippen molar-refractivity contribution in [2.24, 2.45) is 5.73 Å². The Morgan fingerprint density at radius 1 is 1.62 bits per heavy atom. The fourth-order valence-electron chi connectivity index (χ4n) is 0.771. The third-order valence-corrected chi connectivity index (χ3v) is 1.78. The number of carbonyl (C=O) groups is 1. The molecule has 0 aromatic carbocycles. The molecule has 0 bridgehead atoms. The van der Waals surface area contributed by atoms with Crippen LogP contribution in [0.2, 0.25) is 0 Å². The Morgan fingerprint density at radius 2 is 2.31 bits per heavy atom. The van der Waals surface area contributed by atoms with Crippen LogP contribution in [0.1, 0.15) is 5.56 Å². The highest BCUT2D eigenvalue weighted by Crippen LogP contribution is 2.16. The predicted octanol–water partition coefficient (Wildman–Crippen LogP) is 0.925. The van der Waals surface area contributed by atoms with Gasteiger partial charge in [0.25, 0.3) is 0 Å². The lowest BCUT2D eigenvalue weighted by atomic mass is 10.2. The second kappa shape index (κ2) is 4.04. The van der Waals surface area contributed by atoms with Gasteiger partial charge in [0.15, 0.2) is 0 Å². The Kier molecular flexibility index (Phi) is 3.02. The molecule has 0 aliphatic carbocycles. The van der Waals surface area contributed by atoms with E-state index in [4.69, 9.17) is 11.5 Å². The molecular formula is C8H8BrN3O. The van der Waals surface area contributed by atoms with Gasteiger partial charge < -0.3 is 11.5 Å².